The third kappa shape index (κ3) is 3.42. The smallest absolute Gasteiger partial charge is 0.166 e. The second-order valence-electron chi connectivity index (χ2n) is 8.34. The molecule has 2 aromatic carbocycles. The van der Waals surface area contributed by atoms with Crippen LogP contribution in [0.15, 0.2) is 48.5 Å². The first kappa shape index (κ1) is 20.6. The molecule has 1 fully saturated rings. The zero-order valence-corrected chi connectivity index (χ0v) is 18.0. The van der Waals surface area contributed by atoms with Crippen molar-refractivity contribution in [3.05, 3.63) is 71.4 Å². The van der Waals surface area contributed by atoms with Gasteiger partial charge in [0.2, 0.25) is 0 Å². The number of rotatable bonds is 4. The Bertz CT molecular complexity index is 1300. The van der Waals surface area contributed by atoms with Gasteiger partial charge >= 0.3 is 0 Å². The Morgan fingerprint density at radius 2 is 1.78 bits per heavy atom. The predicted molar refractivity (Wildman–Crippen MR) is 121 cm³/mol. The van der Waals surface area contributed by atoms with Crippen LogP contribution in [-0.2, 0) is 0 Å². The summed E-state index contributed by atoms with van der Waals surface area (Å²) in [5.41, 5.74) is 5.23. The van der Waals surface area contributed by atoms with Crippen LogP contribution < -0.4 is 4.90 Å². The molecule has 0 aliphatic carbocycles. The average Bonchev–Trinajstić information content (AvgIpc) is 3.39. The molecule has 1 aliphatic rings. The number of aliphatic hydroxyl groups excluding tert-OH is 1. The normalized spacial score (nSPS) is 16.3. The van der Waals surface area contributed by atoms with Gasteiger partial charge in [0, 0.05) is 23.7 Å². The van der Waals surface area contributed by atoms with Crippen molar-refractivity contribution in [3.63, 3.8) is 0 Å². The number of hydrogen-bond donors (Lipinski definition) is 1. The summed E-state index contributed by atoms with van der Waals surface area (Å²) in [6.45, 7) is 4.50. The summed E-state index contributed by atoms with van der Waals surface area (Å²) in [5, 5.41) is 14.6. The molecule has 3 heterocycles. The molecule has 2 aromatic heterocycles. The number of aliphatic hydroxyl groups is 1. The SMILES string of the molecule is Cc1cc(-c2c(C)nn3c(-c4ccc(F)cc4)cc(N4CCCC4CO)nc23)ccc1F. The Hall–Kier alpha value is -3.32. The first-order valence-corrected chi connectivity index (χ1v) is 10.8. The lowest BCUT2D eigenvalue weighted by Gasteiger charge is -2.25. The third-order valence-electron chi connectivity index (χ3n) is 6.22. The minimum absolute atomic E-state index is 0.00607. The van der Waals surface area contributed by atoms with Gasteiger partial charge in [-0.3, -0.25) is 0 Å². The molecule has 1 saturated heterocycles. The van der Waals surface area contributed by atoms with Gasteiger partial charge in [0.15, 0.2) is 5.65 Å². The minimum atomic E-state index is -0.307. The summed E-state index contributed by atoms with van der Waals surface area (Å²) in [7, 11) is 0. The highest BCUT2D eigenvalue weighted by Crippen LogP contribution is 2.35. The van der Waals surface area contributed by atoms with Crippen molar-refractivity contribution in [1.82, 2.24) is 14.6 Å². The molecule has 1 N–H and O–H groups in total. The van der Waals surface area contributed by atoms with Crippen molar-refractivity contribution in [2.75, 3.05) is 18.1 Å². The fourth-order valence-electron chi connectivity index (χ4n) is 4.55. The van der Waals surface area contributed by atoms with Gasteiger partial charge in [-0.1, -0.05) is 6.07 Å². The van der Waals surface area contributed by atoms with E-state index in [0.29, 0.717) is 11.2 Å². The molecule has 32 heavy (non-hydrogen) atoms. The molecule has 5 rings (SSSR count). The van der Waals surface area contributed by atoms with E-state index in [1.807, 2.05) is 13.0 Å². The number of anilines is 1. The highest BCUT2D eigenvalue weighted by atomic mass is 19.1. The van der Waals surface area contributed by atoms with Crippen LogP contribution in [0.1, 0.15) is 24.1 Å². The number of nitrogens with zero attached hydrogens (tertiary/aromatic N) is 4. The van der Waals surface area contributed by atoms with Gasteiger partial charge in [0.05, 0.1) is 24.0 Å². The quantitative estimate of drug-likeness (QED) is 0.495. The summed E-state index contributed by atoms with van der Waals surface area (Å²) in [5.74, 6) is 0.179. The van der Waals surface area contributed by atoms with E-state index >= 15 is 0 Å². The van der Waals surface area contributed by atoms with Crippen molar-refractivity contribution in [3.8, 4) is 22.4 Å². The van der Waals surface area contributed by atoms with Crippen LogP contribution in [0.2, 0.25) is 0 Å². The van der Waals surface area contributed by atoms with Gasteiger partial charge in [-0.15, -0.1) is 0 Å². The van der Waals surface area contributed by atoms with Gasteiger partial charge in [0.1, 0.15) is 17.5 Å². The zero-order valence-electron chi connectivity index (χ0n) is 18.0. The maximum absolute atomic E-state index is 13.9. The van der Waals surface area contributed by atoms with Crippen LogP contribution in [0, 0.1) is 25.5 Å². The first-order valence-electron chi connectivity index (χ1n) is 10.8. The molecule has 5 nitrogen and oxygen atoms in total. The van der Waals surface area contributed by atoms with Crippen molar-refractivity contribution in [1.29, 1.82) is 0 Å². The predicted octanol–water partition coefficient (Wildman–Crippen LogP) is 4.92. The van der Waals surface area contributed by atoms with E-state index in [0.717, 1.165) is 53.3 Å². The van der Waals surface area contributed by atoms with E-state index in [-0.39, 0.29) is 24.3 Å². The maximum atomic E-state index is 13.9. The Morgan fingerprint density at radius 1 is 1.03 bits per heavy atom. The van der Waals surface area contributed by atoms with E-state index in [4.69, 9.17) is 10.1 Å². The fraction of sp³-hybridized carbons (Fsp3) is 0.280. The molecule has 164 valence electrons. The Kier molecular flexibility index (Phi) is 5.13. The van der Waals surface area contributed by atoms with E-state index in [2.05, 4.69) is 4.90 Å². The molecule has 0 spiro atoms. The van der Waals surface area contributed by atoms with Crippen molar-refractivity contribution >= 4 is 11.5 Å². The molecular weight excluding hydrogens is 410 g/mol. The molecule has 0 amide bonds. The molecule has 0 radical (unpaired) electrons. The van der Waals surface area contributed by atoms with Crippen molar-refractivity contribution in [2.24, 2.45) is 0 Å². The zero-order chi connectivity index (χ0) is 22.4. The third-order valence-corrected chi connectivity index (χ3v) is 6.22. The lowest BCUT2D eigenvalue weighted by atomic mass is 10.0. The Balaban J connectivity index is 1.78. The lowest BCUT2D eigenvalue weighted by molar-refractivity contribution is 0.266. The van der Waals surface area contributed by atoms with Gasteiger partial charge in [-0.2, -0.15) is 5.10 Å². The summed E-state index contributed by atoms with van der Waals surface area (Å²) in [6.07, 6.45) is 1.88. The van der Waals surface area contributed by atoms with Crippen LogP contribution in [0.3, 0.4) is 0 Å². The van der Waals surface area contributed by atoms with Crippen molar-refractivity contribution < 1.29 is 13.9 Å². The van der Waals surface area contributed by atoms with E-state index < -0.39 is 0 Å². The Labute approximate surface area is 185 Å². The highest BCUT2D eigenvalue weighted by Gasteiger charge is 2.27. The first-order chi connectivity index (χ1) is 15.5. The summed E-state index contributed by atoms with van der Waals surface area (Å²) >= 11 is 0. The van der Waals surface area contributed by atoms with Crippen LogP contribution in [0.25, 0.3) is 28.0 Å². The summed E-state index contributed by atoms with van der Waals surface area (Å²) in [6, 6.07) is 13.2. The molecule has 1 aliphatic heterocycles. The topological polar surface area (TPSA) is 53.7 Å². The monoisotopic (exact) mass is 434 g/mol. The molecule has 0 saturated carbocycles. The van der Waals surface area contributed by atoms with E-state index in [1.165, 1.54) is 18.2 Å². The van der Waals surface area contributed by atoms with Crippen molar-refractivity contribution in [2.45, 2.75) is 32.7 Å². The molecule has 4 aromatic rings. The number of benzene rings is 2. The molecular formula is C25H24F2N4O. The van der Waals surface area contributed by atoms with Gasteiger partial charge in [0.25, 0.3) is 0 Å². The molecule has 0 bridgehead atoms. The van der Waals surface area contributed by atoms with E-state index in [9.17, 15) is 13.9 Å². The largest absolute Gasteiger partial charge is 0.394 e. The van der Waals surface area contributed by atoms with Gasteiger partial charge in [-0.05, 0) is 74.2 Å². The van der Waals surface area contributed by atoms with E-state index in [1.54, 1.807) is 35.7 Å². The maximum Gasteiger partial charge on any atom is 0.166 e. The number of fused-ring (bicyclic) bond motifs is 1. The number of halogens is 2. The second kappa shape index (κ2) is 7.98. The van der Waals surface area contributed by atoms with Gasteiger partial charge < -0.3 is 10.0 Å². The van der Waals surface area contributed by atoms with Gasteiger partial charge in [-0.25, -0.2) is 18.3 Å². The minimum Gasteiger partial charge on any atom is -0.394 e. The summed E-state index contributed by atoms with van der Waals surface area (Å²) < 4.78 is 29.3. The molecule has 7 heteroatoms. The van der Waals surface area contributed by atoms with Crippen LogP contribution in [-0.4, -0.2) is 38.9 Å². The molecule has 1 atom stereocenters. The van der Waals surface area contributed by atoms with Crippen LogP contribution in [0.4, 0.5) is 14.6 Å². The molecule has 1 unspecified atom stereocenters. The highest BCUT2D eigenvalue weighted by molar-refractivity contribution is 5.83. The standard InChI is InChI=1S/C25H24F2N4O/c1-15-12-18(7-10-21(15)27)24-16(2)29-31-22(17-5-8-19(26)9-6-17)13-23(28-25(24)31)30-11-3-4-20(30)14-32/h5-10,12-13,20,32H,3-4,11,14H2,1-2H3. The second-order valence-corrected chi connectivity index (χ2v) is 8.34. The average molecular weight is 434 g/mol. The van der Waals surface area contributed by atoms with Crippen LogP contribution in [0.5, 0.6) is 0 Å². The lowest BCUT2D eigenvalue weighted by Crippen LogP contribution is -2.32. The summed E-state index contributed by atoms with van der Waals surface area (Å²) in [4.78, 5) is 7.08. The van der Waals surface area contributed by atoms with Crippen LogP contribution >= 0.6 is 0 Å². The number of aromatic nitrogens is 3. The number of aryl methyl sites for hydroxylation is 2. The fourth-order valence-corrected chi connectivity index (χ4v) is 4.55. The number of hydrogen-bond acceptors (Lipinski definition) is 4. The Morgan fingerprint density at radius 3 is 2.50 bits per heavy atom.